The first-order valence-corrected chi connectivity index (χ1v) is 11.3. The van der Waals surface area contributed by atoms with Crippen molar-refractivity contribution in [2.45, 2.75) is 38.5 Å². The molecule has 0 aliphatic heterocycles. The number of nitrogens with one attached hydrogen (secondary N) is 1. The Balaban J connectivity index is 1.59. The summed E-state index contributed by atoms with van der Waals surface area (Å²) in [7, 11) is -3.79. The highest BCUT2D eigenvalue weighted by Crippen LogP contribution is 2.39. The van der Waals surface area contributed by atoms with E-state index in [0.717, 1.165) is 30.7 Å². The molecule has 3 aromatic rings. The molecule has 0 unspecified atom stereocenters. The summed E-state index contributed by atoms with van der Waals surface area (Å²) in [5, 5.41) is 4.44. The number of fused-ring (bicyclic) bond motifs is 1. The second kappa shape index (κ2) is 7.75. The lowest BCUT2D eigenvalue weighted by Gasteiger charge is -2.11. The summed E-state index contributed by atoms with van der Waals surface area (Å²) in [5.41, 5.74) is 0.774. The van der Waals surface area contributed by atoms with Gasteiger partial charge in [0.2, 0.25) is 10.0 Å². The van der Waals surface area contributed by atoms with Crippen LogP contribution in [-0.2, 0) is 16.4 Å². The highest BCUT2D eigenvalue weighted by Gasteiger charge is 2.27. The molecule has 0 radical (unpaired) electrons. The molecular weight excluding hydrogens is 414 g/mol. The van der Waals surface area contributed by atoms with Crippen molar-refractivity contribution in [3.63, 3.8) is 0 Å². The number of hydrogen-bond acceptors (Lipinski definition) is 5. The third-order valence-corrected chi connectivity index (χ3v) is 6.33. The van der Waals surface area contributed by atoms with Crippen LogP contribution in [0.1, 0.15) is 53.7 Å². The van der Waals surface area contributed by atoms with Gasteiger partial charge in [-0.15, -0.1) is 0 Å². The molecule has 7 nitrogen and oxygen atoms in total. The fourth-order valence-electron chi connectivity index (χ4n) is 3.25. The van der Waals surface area contributed by atoms with Gasteiger partial charge in [-0.2, -0.15) is 5.10 Å². The van der Waals surface area contributed by atoms with Crippen LogP contribution in [0.3, 0.4) is 0 Å². The van der Waals surface area contributed by atoms with E-state index in [1.807, 2.05) is 6.07 Å². The molecule has 0 amide bonds. The normalized spacial score (nSPS) is 14.2. The van der Waals surface area contributed by atoms with Crippen molar-refractivity contribution in [1.29, 1.82) is 0 Å². The third kappa shape index (κ3) is 4.18. The quantitative estimate of drug-likeness (QED) is 0.548. The van der Waals surface area contributed by atoms with Crippen LogP contribution in [0.2, 0.25) is 0 Å². The van der Waals surface area contributed by atoms with Gasteiger partial charge in [0.15, 0.2) is 17.2 Å². The van der Waals surface area contributed by atoms with E-state index in [1.165, 1.54) is 6.20 Å². The van der Waals surface area contributed by atoms with Crippen LogP contribution in [0.4, 0.5) is 14.5 Å². The lowest BCUT2D eigenvalue weighted by atomic mass is 10.0. The Labute approximate surface area is 172 Å². The number of aromatic nitrogens is 3. The molecule has 2 aromatic heterocycles. The first-order valence-electron chi connectivity index (χ1n) is 9.63. The van der Waals surface area contributed by atoms with Gasteiger partial charge < -0.3 is 0 Å². The SMILES string of the molecule is CCCS(=O)(=O)Nc1ccc(F)c(C(=O)Cc2cnc3cc(C4CC4)nn3c2)c1F. The van der Waals surface area contributed by atoms with Crippen molar-refractivity contribution in [2.24, 2.45) is 0 Å². The smallest absolute Gasteiger partial charge is 0.232 e. The number of rotatable bonds is 8. The molecule has 10 heteroatoms. The van der Waals surface area contributed by atoms with E-state index in [-0.39, 0.29) is 12.2 Å². The zero-order valence-electron chi connectivity index (χ0n) is 16.2. The number of nitrogens with zero attached hydrogens (tertiary/aromatic N) is 3. The van der Waals surface area contributed by atoms with Gasteiger partial charge in [-0.25, -0.2) is 26.7 Å². The van der Waals surface area contributed by atoms with E-state index in [2.05, 4.69) is 14.8 Å². The molecule has 30 heavy (non-hydrogen) atoms. The van der Waals surface area contributed by atoms with Gasteiger partial charge in [-0.05, 0) is 37.0 Å². The molecule has 0 spiro atoms. The van der Waals surface area contributed by atoms with Gasteiger partial charge in [0.25, 0.3) is 0 Å². The lowest BCUT2D eigenvalue weighted by molar-refractivity contribution is 0.0984. The number of carbonyl (C=O) groups is 1. The fraction of sp³-hybridized carbons (Fsp3) is 0.350. The van der Waals surface area contributed by atoms with Crippen molar-refractivity contribution >= 4 is 27.1 Å². The molecule has 1 fully saturated rings. The standard InChI is InChI=1S/C20H20F2N4O3S/c1-2-7-30(28,29)25-15-6-5-14(21)19(20(15)22)17(27)8-12-10-23-18-9-16(13-3-4-13)24-26(18)11-12/h5-6,9-11,13,25H,2-4,7-8H2,1H3. The Morgan fingerprint density at radius 1 is 1.30 bits per heavy atom. The number of anilines is 1. The molecule has 1 aliphatic rings. The van der Waals surface area contributed by atoms with Crippen LogP contribution in [-0.4, -0.2) is 34.6 Å². The fourth-order valence-corrected chi connectivity index (χ4v) is 4.38. The minimum Gasteiger partial charge on any atom is -0.294 e. The summed E-state index contributed by atoms with van der Waals surface area (Å²) in [6.07, 6.45) is 5.28. The molecule has 1 saturated carbocycles. The number of sulfonamides is 1. The summed E-state index contributed by atoms with van der Waals surface area (Å²) >= 11 is 0. The maximum absolute atomic E-state index is 14.8. The molecule has 0 atom stereocenters. The number of carbonyl (C=O) groups excluding carboxylic acids is 1. The van der Waals surface area contributed by atoms with Crippen LogP contribution in [0, 0.1) is 11.6 Å². The van der Waals surface area contributed by atoms with E-state index in [9.17, 15) is 22.0 Å². The van der Waals surface area contributed by atoms with Gasteiger partial charge in [0.05, 0.1) is 22.7 Å². The Morgan fingerprint density at radius 2 is 2.07 bits per heavy atom. The van der Waals surface area contributed by atoms with Gasteiger partial charge >= 0.3 is 0 Å². The number of halogens is 2. The number of benzene rings is 1. The average molecular weight is 434 g/mol. The van der Waals surface area contributed by atoms with Crippen molar-refractivity contribution in [2.75, 3.05) is 10.5 Å². The Kier molecular flexibility index (Phi) is 5.27. The Hall–Kier alpha value is -2.88. The first kappa shape index (κ1) is 20.4. The average Bonchev–Trinajstić information content (AvgIpc) is 3.43. The Bertz CT molecular complexity index is 1240. The van der Waals surface area contributed by atoms with Crippen LogP contribution in [0.25, 0.3) is 5.65 Å². The first-order chi connectivity index (χ1) is 14.3. The molecule has 4 rings (SSSR count). The topological polar surface area (TPSA) is 93.4 Å². The maximum atomic E-state index is 14.8. The molecule has 0 bridgehead atoms. The number of ketones is 1. The number of Topliss-reactive ketones (excluding diaryl/α,β-unsaturated/α-hetero) is 1. The zero-order chi connectivity index (χ0) is 21.5. The van der Waals surface area contributed by atoms with E-state index in [0.29, 0.717) is 23.5 Å². The molecule has 1 aliphatic carbocycles. The Morgan fingerprint density at radius 3 is 2.77 bits per heavy atom. The van der Waals surface area contributed by atoms with Crippen LogP contribution in [0.15, 0.2) is 30.6 Å². The summed E-state index contributed by atoms with van der Waals surface area (Å²) < 4.78 is 56.5. The summed E-state index contributed by atoms with van der Waals surface area (Å²) in [6, 6.07) is 3.72. The second-order valence-corrected chi connectivity index (χ2v) is 9.26. The molecule has 158 valence electrons. The molecule has 1 aromatic carbocycles. The van der Waals surface area contributed by atoms with Crippen molar-refractivity contribution in [3.8, 4) is 0 Å². The van der Waals surface area contributed by atoms with Gasteiger partial charge in [-0.1, -0.05) is 6.92 Å². The van der Waals surface area contributed by atoms with E-state index in [4.69, 9.17) is 0 Å². The van der Waals surface area contributed by atoms with Gasteiger partial charge in [-0.3, -0.25) is 9.52 Å². The van der Waals surface area contributed by atoms with E-state index in [1.54, 1.807) is 17.6 Å². The van der Waals surface area contributed by atoms with Crippen LogP contribution in [0.5, 0.6) is 0 Å². The highest BCUT2D eigenvalue weighted by atomic mass is 32.2. The summed E-state index contributed by atoms with van der Waals surface area (Å²) in [4.78, 5) is 16.9. The molecule has 2 heterocycles. The van der Waals surface area contributed by atoms with Crippen LogP contribution >= 0.6 is 0 Å². The minimum absolute atomic E-state index is 0.217. The lowest BCUT2D eigenvalue weighted by Crippen LogP contribution is -2.19. The summed E-state index contributed by atoms with van der Waals surface area (Å²) in [5.74, 6) is -2.88. The monoisotopic (exact) mass is 434 g/mol. The van der Waals surface area contributed by atoms with Gasteiger partial charge in [0, 0.05) is 30.8 Å². The largest absolute Gasteiger partial charge is 0.294 e. The predicted molar refractivity (Wildman–Crippen MR) is 107 cm³/mol. The van der Waals surface area contributed by atoms with Crippen LogP contribution < -0.4 is 4.72 Å². The van der Waals surface area contributed by atoms with E-state index < -0.39 is 38.7 Å². The molecule has 0 saturated heterocycles. The predicted octanol–water partition coefficient (Wildman–Crippen LogP) is 3.46. The van der Waals surface area contributed by atoms with Crippen molar-refractivity contribution in [3.05, 3.63) is 59.0 Å². The maximum Gasteiger partial charge on any atom is 0.232 e. The van der Waals surface area contributed by atoms with Crippen molar-refractivity contribution in [1.82, 2.24) is 14.6 Å². The number of hydrogen-bond donors (Lipinski definition) is 1. The molecular formula is C20H20F2N4O3S. The molecule has 1 N–H and O–H groups in total. The van der Waals surface area contributed by atoms with Gasteiger partial charge in [0.1, 0.15) is 5.82 Å². The summed E-state index contributed by atoms with van der Waals surface area (Å²) in [6.45, 7) is 1.66. The second-order valence-electron chi connectivity index (χ2n) is 7.41. The minimum atomic E-state index is -3.79. The van der Waals surface area contributed by atoms with E-state index >= 15 is 0 Å². The third-order valence-electron chi connectivity index (χ3n) is 4.85. The highest BCUT2D eigenvalue weighted by molar-refractivity contribution is 7.92. The van der Waals surface area contributed by atoms with Crippen molar-refractivity contribution < 1.29 is 22.0 Å². The zero-order valence-corrected chi connectivity index (χ0v) is 17.0.